The molecule has 4 atom stereocenters. The molecule has 6 nitrogen and oxygen atoms in total. The molecule has 1 aromatic carbocycles. The lowest BCUT2D eigenvalue weighted by molar-refractivity contribution is -0.148. The van der Waals surface area contributed by atoms with E-state index < -0.39 is 6.04 Å². The molecule has 0 radical (unpaired) electrons. The van der Waals surface area contributed by atoms with E-state index in [1.165, 1.54) is 4.90 Å². The minimum atomic E-state index is -0.733. The maximum Gasteiger partial charge on any atom is 0.243 e. The van der Waals surface area contributed by atoms with E-state index in [1.807, 2.05) is 30.5 Å². The summed E-state index contributed by atoms with van der Waals surface area (Å²) in [6, 6.07) is 6.79. The molecule has 1 N–H and O–H groups in total. The molecule has 0 aromatic heterocycles. The van der Waals surface area contributed by atoms with Crippen LogP contribution in [0, 0.1) is 11.8 Å². The highest BCUT2D eigenvalue weighted by Gasteiger charge is 2.51. The summed E-state index contributed by atoms with van der Waals surface area (Å²) in [5.41, 5.74) is 0.948. The van der Waals surface area contributed by atoms with Crippen LogP contribution in [0.4, 0.5) is 0 Å². The predicted molar refractivity (Wildman–Crippen MR) is 112 cm³/mol. The van der Waals surface area contributed by atoms with E-state index in [0.29, 0.717) is 19.4 Å². The number of thioether (sulfide) groups is 1. The summed E-state index contributed by atoms with van der Waals surface area (Å²) < 4.78 is 5.69. The number of hydrogen-bond acceptors (Lipinski definition) is 5. The Morgan fingerprint density at radius 3 is 2.55 bits per heavy atom. The fraction of sp³-hybridized carbons (Fsp3) is 0.591. The predicted octanol–water partition coefficient (Wildman–Crippen LogP) is 2.92. The van der Waals surface area contributed by atoms with Gasteiger partial charge in [-0.15, -0.1) is 0 Å². The normalized spacial score (nSPS) is 27.1. The summed E-state index contributed by atoms with van der Waals surface area (Å²) in [5.74, 6) is 0.510. The summed E-state index contributed by atoms with van der Waals surface area (Å²) in [6.45, 7) is 0.531. The van der Waals surface area contributed by atoms with Gasteiger partial charge in [0.1, 0.15) is 11.8 Å². The second-order valence-electron chi connectivity index (χ2n) is 8.08. The van der Waals surface area contributed by atoms with E-state index in [0.717, 1.165) is 42.7 Å². The Balaban J connectivity index is 1.55. The first-order valence-electron chi connectivity index (χ1n) is 10.5. The van der Waals surface area contributed by atoms with Gasteiger partial charge in [0.05, 0.1) is 24.5 Å². The van der Waals surface area contributed by atoms with E-state index in [4.69, 9.17) is 4.74 Å². The number of benzene rings is 1. The van der Waals surface area contributed by atoms with Gasteiger partial charge < -0.3 is 10.1 Å². The second-order valence-corrected chi connectivity index (χ2v) is 9.06. The highest BCUT2D eigenvalue weighted by atomic mass is 32.2. The summed E-state index contributed by atoms with van der Waals surface area (Å²) in [4.78, 5) is 40.7. The zero-order valence-electron chi connectivity index (χ0n) is 16.8. The smallest absolute Gasteiger partial charge is 0.243 e. The lowest BCUT2D eigenvalue weighted by atomic mass is 9.81. The molecule has 2 fully saturated rings. The Morgan fingerprint density at radius 2 is 1.86 bits per heavy atom. The average molecular weight is 417 g/mol. The molecule has 0 bridgehead atoms. The Bertz CT molecular complexity index is 775. The number of hydrogen-bond donors (Lipinski definition) is 1. The molecule has 3 aliphatic rings. The van der Waals surface area contributed by atoms with Crippen LogP contribution >= 0.6 is 11.8 Å². The molecular formula is C22H28N2O4S. The maximum absolute atomic E-state index is 13.3. The molecule has 1 aliphatic carbocycles. The molecule has 2 heterocycles. The molecule has 1 saturated heterocycles. The first kappa shape index (κ1) is 20.3. The molecule has 156 valence electrons. The third kappa shape index (κ3) is 3.89. The first-order chi connectivity index (χ1) is 14.1. The largest absolute Gasteiger partial charge is 0.493 e. The number of imide groups is 1. The van der Waals surface area contributed by atoms with Gasteiger partial charge in [0, 0.05) is 12.0 Å². The molecule has 7 heteroatoms. The number of carbonyl (C=O) groups excluding carboxylic acids is 3. The number of para-hydroxylation sites is 1. The van der Waals surface area contributed by atoms with E-state index >= 15 is 0 Å². The number of amides is 3. The third-order valence-electron chi connectivity index (χ3n) is 6.36. The summed E-state index contributed by atoms with van der Waals surface area (Å²) >= 11 is 1.62. The Morgan fingerprint density at radius 1 is 1.17 bits per heavy atom. The lowest BCUT2D eigenvalue weighted by Crippen LogP contribution is -2.51. The van der Waals surface area contributed by atoms with Crippen LogP contribution in [-0.4, -0.2) is 47.3 Å². The highest BCUT2D eigenvalue weighted by molar-refractivity contribution is 7.98. The molecule has 3 amide bonds. The summed E-state index contributed by atoms with van der Waals surface area (Å²) in [7, 11) is 0. The second kappa shape index (κ2) is 8.78. The number of likely N-dealkylation sites (tertiary alicyclic amines) is 1. The van der Waals surface area contributed by atoms with Crippen molar-refractivity contribution in [2.45, 2.75) is 50.6 Å². The summed E-state index contributed by atoms with van der Waals surface area (Å²) in [6.07, 6.45) is 6.60. The molecule has 29 heavy (non-hydrogen) atoms. The van der Waals surface area contributed by atoms with Crippen molar-refractivity contribution in [3.05, 3.63) is 29.8 Å². The van der Waals surface area contributed by atoms with Crippen molar-refractivity contribution in [1.29, 1.82) is 0 Å². The maximum atomic E-state index is 13.3. The van der Waals surface area contributed by atoms with Crippen molar-refractivity contribution in [3.63, 3.8) is 0 Å². The fourth-order valence-corrected chi connectivity index (χ4v) is 5.32. The quantitative estimate of drug-likeness (QED) is 0.722. The van der Waals surface area contributed by atoms with Gasteiger partial charge in [-0.1, -0.05) is 31.0 Å². The van der Waals surface area contributed by atoms with Crippen molar-refractivity contribution in [3.8, 4) is 5.75 Å². The zero-order chi connectivity index (χ0) is 20.4. The van der Waals surface area contributed by atoms with Crippen LogP contribution in [-0.2, 0) is 14.4 Å². The van der Waals surface area contributed by atoms with Gasteiger partial charge in [-0.3, -0.25) is 19.3 Å². The van der Waals surface area contributed by atoms with Gasteiger partial charge in [-0.05, 0) is 37.3 Å². The molecule has 1 saturated carbocycles. The van der Waals surface area contributed by atoms with Gasteiger partial charge in [0.25, 0.3) is 0 Å². The minimum absolute atomic E-state index is 0.145. The first-order valence-corrected chi connectivity index (χ1v) is 11.9. The topological polar surface area (TPSA) is 75.7 Å². The SMILES string of the molecule is CSCC[C@H](C(=O)N[C@@H]1CCOc2ccccc21)N1C(=O)[C@H]2CCCC[C@H]2C1=O. The lowest BCUT2D eigenvalue weighted by Gasteiger charge is -2.31. The minimum Gasteiger partial charge on any atom is -0.493 e. The van der Waals surface area contributed by atoms with Crippen LogP contribution < -0.4 is 10.1 Å². The van der Waals surface area contributed by atoms with Gasteiger partial charge in [0.15, 0.2) is 0 Å². The standard InChI is InChI=1S/C22H28N2O4S/c1-29-13-11-18(24-21(26)14-6-2-3-7-15(14)22(24)27)20(25)23-17-10-12-28-19-9-5-4-8-16(17)19/h4-5,8-9,14-15,17-18H,2-3,6-7,10-13H2,1H3,(H,23,25)/t14-,15+,17-,18-/m1/s1. The third-order valence-corrected chi connectivity index (χ3v) is 7.00. The molecule has 2 aliphatic heterocycles. The van der Waals surface area contributed by atoms with Crippen molar-refractivity contribution < 1.29 is 19.1 Å². The van der Waals surface area contributed by atoms with Crippen LogP contribution in [0.3, 0.4) is 0 Å². The number of fused-ring (bicyclic) bond motifs is 2. The van der Waals surface area contributed by atoms with Crippen LogP contribution in [0.15, 0.2) is 24.3 Å². The molecular weight excluding hydrogens is 388 g/mol. The number of nitrogens with one attached hydrogen (secondary N) is 1. The van der Waals surface area contributed by atoms with Gasteiger partial charge >= 0.3 is 0 Å². The molecule has 0 unspecified atom stereocenters. The van der Waals surface area contributed by atoms with Crippen molar-refractivity contribution in [2.24, 2.45) is 11.8 Å². The highest BCUT2D eigenvalue weighted by Crippen LogP contribution is 2.39. The van der Waals surface area contributed by atoms with Gasteiger partial charge in [0.2, 0.25) is 17.7 Å². The van der Waals surface area contributed by atoms with Crippen molar-refractivity contribution in [2.75, 3.05) is 18.6 Å². The summed E-state index contributed by atoms with van der Waals surface area (Å²) in [5, 5.41) is 3.11. The van der Waals surface area contributed by atoms with E-state index in [9.17, 15) is 14.4 Å². The van der Waals surface area contributed by atoms with Gasteiger partial charge in [-0.25, -0.2) is 0 Å². The molecule has 4 rings (SSSR count). The molecule has 0 spiro atoms. The van der Waals surface area contributed by atoms with Crippen LogP contribution in [0.2, 0.25) is 0 Å². The van der Waals surface area contributed by atoms with E-state index in [1.54, 1.807) is 11.8 Å². The fourth-order valence-electron chi connectivity index (χ4n) is 4.86. The van der Waals surface area contributed by atoms with Crippen LogP contribution in [0.25, 0.3) is 0 Å². The van der Waals surface area contributed by atoms with E-state index in [2.05, 4.69) is 5.32 Å². The van der Waals surface area contributed by atoms with Crippen LogP contribution in [0.1, 0.15) is 50.1 Å². The number of rotatable bonds is 6. The monoisotopic (exact) mass is 416 g/mol. The number of nitrogens with zero attached hydrogens (tertiary/aromatic N) is 1. The number of carbonyl (C=O) groups is 3. The zero-order valence-corrected chi connectivity index (χ0v) is 17.6. The Hall–Kier alpha value is -2.02. The van der Waals surface area contributed by atoms with Crippen molar-refractivity contribution >= 4 is 29.5 Å². The Kier molecular flexibility index (Phi) is 6.13. The Labute approximate surface area is 175 Å². The van der Waals surface area contributed by atoms with Gasteiger partial charge in [-0.2, -0.15) is 11.8 Å². The molecule has 1 aromatic rings. The number of ether oxygens (including phenoxy) is 1. The van der Waals surface area contributed by atoms with E-state index in [-0.39, 0.29) is 35.6 Å². The average Bonchev–Trinajstić information content (AvgIpc) is 3.00. The van der Waals surface area contributed by atoms with Crippen LogP contribution in [0.5, 0.6) is 5.75 Å². The van der Waals surface area contributed by atoms with Crippen molar-refractivity contribution in [1.82, 2.24) is 10.2 Å².